The first kappa shape index (κ1) is 9.68. The molecule has 13 heavy (non-hydrogen) atoms. The van der Waals surface area contributed by atoms with E-state index in [4.69, 9.17) is 9.47 Å². The molecule has 76 valence electrons. The van der Waals surface area contributed by atoms with E-state index in [2.05, 4.69) is 0 Å². The van der Waals surface area contributed by atoms with Gasteiger partial charge in [-0.1, -0.05) is 25.7 Å². The van der Waals surface area contributed by atoms with Crippen LogP contribution < -0.4 is 0 Å². The van der Waals surface area contributed by atoms with Gasteiger partial charge in [0.05, 0.1) is 9.52 Å². The molecule has 0 saturated heterocycles. The molecule has 2 saturated carbocycles. The van der Waals surface area contributed by atoms with E-state index < -0.39 is 0 Å². The standard InChI is InChI=1S/C10H20O2Si/c1-11-9(12-2)13-10-5-3-8(7-10)4-6-10/h8-9H,3-7,13H2,1-2H3. The van der Waals surface area contributed by atoms with E-state index in [1.165, 1.54) is 32.1 Å². The van der Waals surface area contributed by atoms with Crippen LogP contribution in [0.1, 0.15) is 32.1 Å². The third-order valence-corrected chi connectivity index (χ3v) is 6.87. The highest BCUT2D eigenvalue weighted by atomic mass is 28.2. The van der Waals surface area contributed by atoms with Gasteiger partial charge in [-0.15, -0.1) is 0 Å². The maximum Gasteiger partial charge on any atom is 0.134 e. The van der Waals surface area contributed by atoms with Crippen LogP contribution in [-0.2, 0) is 9.47 Å². The topological polar surface area (TPSA) is 18.5 Å². The van der Waals surface area contributed by atoms with Gasteiger partial charge in [-0.05, 0) is 17.4 Å². The zero-order valence-corrected chi connectivity index (χ0v) is 10.1. The number of rotatable bonds is 4. The van der Waals surface area contributed by atoms with E-state index in [9.17, 15) is 0 Å². The van der Waals surface area contributed by atoms with E-state index in [1.54, 1.807) is 14.2 Å². The maximum atomic E-state index is 5.35. The molecule has 0 aliphatic heterocycles. The zero-order valence-electron chi connectivity index (χ0n) is 8.71. The minimum atomic E-state index is -0.208. The van der Waals surface area contributed by atoms with Crippen molar-refractivity contribution in [2.45, 2.75) is 43.1 Å². The summed E-state index contributed by atoms with van der Waals surface area (Å²) in [6, 6.07) is 0. The van der Waals surface area contributed by atoms with Crippen molar-refractivity contribution in [3.05, 3.63) is 0 Å². The molecule has 0 aromatic carbocycles. The van der Waals surface area contributed by atoms with Crippen LogP contribution in [0.25, 0.3) is 0 Å². The summed E-state index contributed by atoms with van der Waals surface area (Å²) >= 11 is 0. The van der Waals surface area contributed by atoms with Crippen LogP contribution in [0, 0.1) is 5.92 Å². The fourth-order valence-electron chi connectivity index (χ4n) is 3.21. The quantitative estimate of drug-likeness (QED) is 0.505. The Bertz CT molecular complexity index is 172. The van der Waals surface area contributed by atoms with Crippen LogP contribution >= 0.6 is 0 Å². The Labute approximate surface area is 82.8 Å². The Hall–Kier alpha value is 0.137. The molecular weight excluding hydrogens is 180 g/mol. The maximum absolute atomic E-state index is 5.35. The lowest BCUT2D eigenvalue weighted by Crippen LogP contribution is -2.30. The molecule has 2 fully saturated rings. The normalized spacial score (nSPS) is 38.5. The number of hydrogen-bond acceptors (Lipinski definition) is 2. The molecule has 2 aliphatic carbocycles. The molecule has 0 N–H and O–H groups in total. The van der Waals surface area contributed by atoms with Gasteiger partial charge >= 0.3 is 0 Å². The van der Waals surface area contributed by atoms with Gasteiger partial charge in [-0.2, -0.15) is 0 Å². The van der Waals surface area contributed by atoms with Crippen molar-refractivity contribution < 1.29 is 9.47 Å². The van der Waals surface area contributed by atoms with E-state index in [0.29, 0.717) is 0 Å². The summed E-state index contributed by atoms with van der Waals surface area (Å²) in [7, 11) is 3.35. The third kappa shape index (κ3) is 1.83. The summed E-state index contributed by atoms with van der Waals surface area (Å²) in [6.45, 7) is 0. The van der Waals surface area contributed by atoms with E-state index in [1.807, 2.05) is 0 Å². The van der Waals surface area contributed by atoms with Gasteiger partial charge in [-0.25, -0.2) is 0 Å². The number of hydrogen-bond donors (Lipinski definition) is 0. The predicted molar refractivity (Wildman–Crippen MR) is 55.6 cm³/mol. The monoisotopic (exact) mass is 200 g/mol. The summed E-state index contributed by atoms with van der Waals surface area (Å²) < 4.78 is 10.7. The van der Waals surface area contributed by atoms with Crippen molar-refractivity contribution >= 4 is 9.52 Å². The second-order valence-electron chi connectivity index (χ2n) is 4.75. The van der Waals surface area contributed by atoms with Crippen molar-refractivity contribution in [1.29, 1.82) is 0 Å². The van der Waals surface area contributed by atoms with Crippen molar-refractivity contribution in [3.8, 4) is 0 Å². The SMILES string of the molecule is COC(OC)[SiH2]C12CCC(CC1)C2. The molecule has 2 rings (SSSR count). The van der Waals surface area contributed by atoms with E-state index in [-0.39, 0.29) is 15.4 Å². The van der Waals surface area contributed by atoms with Crippen LogP contribution in [0.5, 0.6) is 0 Å². The van der Waals surface area contributed by atoms with Gasteiger partial charge in [0.1, 0.15) is 5.91 Å². The molecule has 3 heteroatoms. The number of methoxy groups -OCH3 is 2. The van der Waals surface area contributed by atoms with Gasteiger partial charge < -0.3 is 9.47 Å². The minimum absolute atomic E-state index is 0.164. The third-order valence-electron chi connectivity index (χ3n) is 4.01. The fourth-order valence-corrected chi connectivity index (χ4v) is 5.65. The van der Waals surface area contributed by atoms with Crippen molar-refractivity contribution in [3.63, 3.8) is 0 Å². The Morgan fingerprint density at radius 2 is 1.85 bits per heavy atom. The molecule has 2 bridgehead atoms. The lowest BCUT2D eigenvalue weighted by molar-refractivity contribution is -0.0460. The summed E-state index contributed by atoms with van der Waals surface area (Å²) in [5.74, 6) is 1.22. The van der Waals surface area contributed by atoms with Crippen LogP contribution in [0.4, 0.5) is 0 Å². The molecular formula is C10H20O2Si. The molecule has 0 aromatic heterocycles. The molecule has 2 aliphatic rings. The Balaban J connectivity index is 1.92. The Kier molecular flexibility index (Phi) is 2.77. The van der Waals surface area contributed by atoms with Gasteiger partial charge in [-0.3, -0.25) is 0 Å². The lowest BCUT2D eigenvalue weighted by Gasteiger charge is -2.29. The summed E-state index contributed by atoms with van der Waals surface area (Å²) in [5.41, 5.74) is 0. The van der Waals surface area contributed by atoms with Crippen LogP contribution in [0.15, 0.2) is 0 Å². The largest absolute Gasteiger partial charge is 0.360 e. The first-order valence-corrected chi connectivity index (χ1v) is 6.86. The minimum Gasteiger partial charge on any atom is -0.360 e. The zero-order chi connectivity index (χ0) is 9.31. The lowest BCUT2D eigenvalue weighted by atomic mass is 10.0. The molecule has 0 heterocycles. The number of ether oxygens (including phenoxy) is 2. The first-order valence-electron chi connectivity index (χ1n) is 5.34. The molecule has 0 unspecified atom stereocenters. The van der Waals surface area contributed by atoms with Crippen LogP contribution in [0.3, 0.4) is 0 Å². The Morgan fingerprint density at radius 3 is 2.23 bits per heavy atom. The fraction of sp³-hybridized carbons (Fsp3) is 1.00. The van der Waals surface area contributed by atoms with E-state index in [0.717, 1.165) is 11.0 Å². The number of fused-ring (bicyclic) bond motifs is 2. The highest BCUT2D eigenvalue weighted by Gasteiger charge is 2.46. The highest BCUT2D eigenvalue weighted by Crippen LogP contribution is 2.59. The highest BCUT2D eigenvalue weighted by molar-refractivity contribution is 6.41. The second-order valence-corrected chi connectivity index (χ2v) is 7.33. The van der Waals surface area contributed by atoms with Crippen molar-refractivity contribution in [1.82, 2.24) is 0 Å². The van der Waals surface area contributed by atoms with Gasteiger partial charge in [0.2, 0.25) is 0 Å². The van der Waals surface area contributed by atoms with Crippen LogP contribution in [0.2, 0.25) is 5.04 Å². The predicted octanol–water partition coefficient (Wildman–Crippen LogP) is 1.48. The summed E-state index contributed by atoms with van der Waals surface area (Å²) in [5, 5.41) is 0.724. The second kappa shape index (κ2) is 3.71. The molecule has 0 spiro atoms. The molecule has 2 nitrogen and oxygen atoms in total. The first-order chi connectivity index (χ1) is 6.28. The molecule has 0 amide bonds. The van der Waals surface area contributed by atoms with E-state index >= 15 is 0 Å². The van der Waals surface area contributed by atoms with Crippen LogP contribution in [-0.4, -0.2) is 29.7 Å². The summed E-state index contributed by atoms with van der Waals surface area (Å²) in [4.78, 5) is 0. The van der Waals surface area contributed by atoms with Gasteiger partial charge in [0, 0.05) is 14.2 Å². The summed E-state index contributed by atoms with van der Waals surface area (Å²) in [6.07, 6.45) is 7.38. The van der Waals surface area contributed by atoms with Crippen molar-refractivity contribution in [2.24, 2.45) is 5.92 Å². The van der Waals surface area contributed by atoms with Crippen molar-refractivity contribution in [2.75, 3.05) is 14.2 Å². The average molecular weight is 200 g/mol. The van der Waals surface area contributed by atoms with Gasteiger partial charge in [0.15, 0.2) is 0 Å². The van der Waals surface area contributed by atoms with Gasteiger partial charge in [0.25, 0.3) is 0 Å². The molecule has 0 atom stereocenters. The molecule has 0 radical (unpaired) electrons. The smallest absolute Gasteiger partial charge is 0.134 e. The molecule has 0 aromatic rings. The Morgan fingerprint density at radius 1 is 1.23 bits per heavy atom. The average Bonchev–Trinajstić information content (AvgIpc) is 2.74.